The van der Waals surface area contributed by atoms with Crippen LogP contribution in [0.25, 0.3) is 88.0 Å². The highest BCUT2D eigenvalue weighted by molar-refractivity contribution is 6.28. The Hall–Kier alpha value is -5.80. The van der Waals surface area contributed by atoms with Crippen molar-refractivity contribution in [3.05, 3.63) is 145 Å². The normalized spacial score (nSPS) is 13.6. The van der Waals surface area contributed by atoms with Crippen LogP contribution >= 0.6 is 0 Å². The van der Waals surface area contributed by atoms with Crippen molar-refractivity contribution in [3.63, 3.8) is 0 Å². The van der Waals surface area contributed by atoms with Gasteiger partial charge in [0, 0.05) is 28.1 Å². The summed E-state index contributed by atoms with van der Waals surface area (Å²) >= 11 is 0. The van der Waals surface area contributed by atoms with Crippen LogP contribution in [0.3, 0.4) is 0 Å². The first-order valence-electron chi connectivity index (χ1n) is 15.8. The maximum Gasteiger partial charge on any atom is 0.153 e. The van der Waals surface area contributed by atoms with E-state index in [0.717, 1.165) is 44.6 Å². The molecule has 0 amide bonds. The molecule has 3 aromatic heterocycles. The molecule has 0 radical (unpaired) electrons. The fraction of sp³-hybridized carbons (Fsp3) is 0.0698. The Morgan fingerprint density at radius 1 is 0.478 bits per heavy atom. The van der Waals surface area contributed by atoms with Gasteiger partial charge in [-0.25, -0.2) is 4.98 Å². The molecule has 0 N–H and O–H groups in total. The van der Waals surface area contributed by atoms with Crippen molar-refractivity contribution >= 4 is 54.4 Å². The van der Waals surface area contributed by atoms with Crippen LogP contribution in [0.5, 0.6) is 0 Å². The highest BCUT2D eigenvalue weighted by Gasteiger charge is 2.35. The molecule has 0 bridgehead atoms. The SMILES string of the molecule is CC1(C)c2ccccc2-c2ccc(-c3cc(-c4ccc5oc6cc7c8ccccc8c8ccccc8c7cc6c5n4)ccn3)cc21. The van der Waals surface area contributed by atoms with Crippen LogP contribution in [-0.4, -0.2) is 9.97 Å². The van der Waals surface area contributed by atoms with Gasteiger partial charge in [0.2, 0.25) is 0 Å². The topological polar surface area (TPSA) is 38.9 Å². The summed E-state index contributed by atoms with van der Waals surface area (Å²) in [5.41, 5.74) is 11.8. The van der Waals surface area contributed by atoms with Crippen molar-refractivity contribution in [3.8, 4) is 33.6 Å². The number of benzene rings is 6. The zero-order valence-electron chi connectivity index (χ0n) is 25.5. The molecule has 0 atom stereocenters. The fourth-order valence-corrected chi connectivity index (χ4v) is 7.81. The maximum absolute atomic E-state index is 6.42. The van der Waals surface area contributed by atoms with E-state index in [9.17, 15) is 0 Å². The summed E-state index contributed by atoms with van der Waals surface area (Å²) in [7, 11) is 0. The van der Waals surface area contributed by atoms with Crippen LogP contribution in [0.4, 0.5) is 0 Å². The largest absolute Gasteiger partial charge is 0.454 e. The van der Waals surface area contributed by atoms with Crippen LogP contribution < -0.4 is 0 Å². The molecule has 0 saturated heterocycles. The molecule has 0 unspecified atom stereocenters. The molecule has 1 aliphatic carbocycles. The number of furan rings is 1. The van der Waals surface area contributed by atoms with E-state index in [1.54, 1.807) is 0 Å². The van der Waals surface area contributed by atoms with Crippen LogP contribution in [0, 0.1) is 0 Å². The van der Waals surface area contributed by atoms with E-state index in [2.05, 4.69) is 129 Å². The summed E-state index contributed by atoms with van der Waals surface area (Å²) < 4.78 is 6.42. The maximum atomic E-state index is 6.42. The minimum atomic E-state index is -0.0593. The lowest BCUT2D eigenvalue weighted by Crippen LogP contribution is -2.14. The standard InChI is InChI=1S/C43H28N2O/c1-43(2)36-14-8-7-13-31(36)32-16-15-25(21-37(32)43)39-22-26(19-20-44-39)38-17-18-40-42(45-38)35-23-33-29-11-5-3-9-27(29)28-10-4-6-12-30(28)34(33)24-41(35)46-40/h3-24H,1-2H3. The molecule has 46 heavy (non-hydrogen) atoms. The van der Waals surface area contributed by atoms with Crippen molar-refractivity contribution < 1.29 is 4.42 Å². The zero-order valence-corrected chi connectivity index (χ0v) is 25.5. The summed E-state index contributed by atoms with van der Waals surface area (Å²) in [6, 6.07) is 45.6. The van der Waals surface area contributed by atoms with E-state index in [1.165, 1.54) is 54.6 Å². The number of nitrogens with zero attached hydrogens (tertiary/aromatic N) is 2. The van der Waals surface area contributed by atoms with Crippen LogP contribution in [-0.2, 0) is 5.41 Å². The van der Waals surface area contributed by atoms with E-state index in [0.29, 0.717) is 0 Å². The lowest BCUT2D eigenvalue weighted by molar-refractivity contribution is 0.660. The van der Waals surface area contributed by atoms with Gasteiger partial charge in [0.25, 0.3) is 0 Å². The number of hydrogen-bond acceptors (Lipinski definition) is 3. The highest BCUT2D eigenvalue weighted by Crippen LogP contribution is 2.49. The van der Waals surface area contributed by atoms with Crippen molar-refractivity contribution in [1.29, 1.82) is 0 Å². The van der Waals surface area contributed by atoms with Crippen molar-refractivity contribution in [2.24, 2.45) is 0 Å². The second kappa shape index (κ2) is 9.12. The summed E-state index contributed by atoms with van der Waals surface area (Å²) in [4.78, 5) is 10.0. The van der Waals surface area contributed by atoms with Gasteiger partial charge in [0.1, 0.15) is 11.1 Å². The molecule has 0 fully saturated rings. The van der Waals surface area contributed by atoms with E-state index in [-0.39, 0.29) is 5.41 Å². The monoisotopic (exact) mass is 588 g/mol. The van der Waals surface area contributed by atoms with Gasteiger partial charge in [-0.1, -0.05) is 98.8 Å². The molecule has 0 saturated carbocycles. The molecule has 3 nitrogen and oxygen atoms in total. The van der Waals surface area contributed by atoms with E-state index >= 15 is 0 Å². The van der Waals surface area contributed by atoms with Gasteiger partial charge in [0.05, 0.1) is 11.4 Å². The Morgan fingerprint density at radius 2 is 1.13 bits per heavy atom. The molecular formula is C43H28N2O. The third-order valence-electron chi connectivity index (χ3n) is 10.1. The van der Waals surface area contributed by atoms with E-state index in [4.69, 9.17) is 14.4 Å². The molecule has 10 rings (SSSR count). The summed E-state index contributed by atoms with van der Waals surface area (Å²) in [6.45, 7) is 4.63. The van der Waals surface area contributed by atoms with Gasteiger partial charge in [-0.3, -0.25) is 4.98 Å². The van der Waals surface area contributed by atoms with Gasteiger partial charge in [0.15, 0.2) is 5.58 Å². The fourth-order valence-electron chi connectivity index (χ4n) is 7.81. The van der Waals surface area contributed by atoms with E-state index < -0.39 is 0 Å². The Labute approximate surface area is 265 Å². The Balaban J connectivity index is 1.12. The minimum absolute atomic E-state index is 0.0593. The van der Waals surface area contributed by atoms with Crippen LogP contribution in [0.2, 0.25) is 0 Å². The first-order chi connectivity index (χ1) is 22.5. The summed E-state index contributed by atoms with van der Waals surface area (Å²) in [6.07, 6.45) is 1.89. The first-order valence-corrected chi connectivity index (χ1v) is 15.8. The van der Waals surface area contributed by atoms with Gasteiger partial charge in [-0.15, -0.1) is 0 Å². The molecule has 0 aliphatic heterocycles. The number of aromatic nitrogens is 2. The smallest absolute Gasteiger partial charge is 0.153 e. The Morgan fingerprint density at radius 3 is 1.91 bits per heavy atom. The highest BCUT2D eigenvalue weighted by atomic mass is 16.3. The van der Waals surface area contributed by atoms with Crippen molar-refractivity contribution in [1.82, 2.24) is 9.97 Å². The quantitative estimate of drug-likeness (QED) is 0.189. The van der Waals surface area contributed by atoms with Gasteiger partial charge in [-0.2, -0.15) is 0 Å². The van der Waals surface area contributed by atoms with Crippen LogP contribution in [0.1, 0.15) is 25.0 Å². The Kier molecular flexibility index (Phi) is 5.06. The average molecular weight is 589 g/mol. The predicted octanol–water partition coefficient (Wildman–Crippen LogP) is 11.5. The second-order valence-electron chi connectivity index (χ2n) is 13.0. The molecule has 6 aromatic carbocycles. The third kappa shape index (κ3) is 3.48. The third-order valence-corrected chi connectivity index (χ3v) is 10.1. The first kappa shape index (κ1) is 25.5. The predicted molar refractivity (Wildman–Crippen MR) is 190 cm³/mol. The summed E-state index contributed by atoms with van der Waals surface area (Å²) in [5, 5.41) is 8.42. The number of hydrogen-bond donors (Lipinski definition) is 0. The number of rotatable bonds is 2. The molecule has 0 spiro atoms. The van der Waals surface area contributed by atoms with Crippen molar-refractivity contribution in [2.45, 2.75) is 19.3 Å². The number of pyridine rings is 2. The van der Waals surface area contributed by atoms with Gasteiger partial charge < -0.3 is 4.42 Å². The number of fused-ring (bicyclic) bond motifs is 12. The van der Waals surface area contributed by atoms with Crippen LogP contribution in [0.15, 0.2) is 138 Å². The summed E-state index contributed by atoms with van der Waals surface area (Å²) in [5.74, 6) is 0. The molecule has 216 valence electrons. The van der Waals surface area contributed by atoms with Gasteiger partial charge in [-0.05, 0) is 97.0 Å². The zero-order chi connectivity index (χ0) is 30.6. The molecular weight excluding hydrogens is 560 g/mol. The van der Waals surface area contributed by atoms with E-state index in [1.807, 2.05) is 18.3 Å². The molecule has 3 heteroatoms. The minimum Gasteiger partial charge on any atom is -0.454 e. The Bertz CT molecular complexity index is 2730. The lowest BCUT2D eigenvalue weighted by Gasteiger charge is -2.21. The molecule has 1 aliphatic rings. The lowest BCUT2D eigenvalue weighted by atomic mass is 9.82. The second-order valence-corrected chi connectivity index (χ2v) is 13.0. The van der Waals surface area contributed by atoms with Crippen molar-refractivity contribution in [2.75, 3.05) is 0 Å². The average Bonchev–Trinajstić information content (AvgIpc) is 3.58. The molecule has 3 heterocycles. The molecule has 9 aromatic rings. The van der Waals surface area contributed by atoms with Gasteiger partial charge >= 0.3 is 0 Å².